The summed E-state index contributed by atoms with van der Waals surface area (Å²) in [4.78, 5) is 16.3. The predicted octanol–water partition coefficient (Wildman–Crippen LogP) is 2.30. The monoisotopic (exact) mass is 326 g/mol. The third kappa shape index (κ3) is 3.60. The molecular weight excluding hydrogens is 307 g/mol. The molecule has 0 saturated carbocycles. The molecule has 0 bridgehead atoms. The van der Waals surface area contributed by atoms with Crippen LogP contribution in [0.5, 0.6) is 0 Å². The van der Waals surface area contributed by atoms with Crippen LogP contribution in [0.15, 0.2) is 48.8 Å². The van der Waals surface area contributed by atoms with Crippen LogP contribution in [-0.2, 0) is 6.54 Å². The fraction of sp³-hybridized carbons (Fsp3) is 0.222. The molecule has 0 aliphatic rings. The van der Waals surface area contributed by atoms with Gasteiger partial charge in [-0.3, -0.25) is 4.79 Å². The van der Waals surface area contributed by atoms with Crippen molar-refractivity contribution in [1.29, 1.82) is 0 Å². The van der Waals surface area contributed by atoms with Gasteiger partial charge in [0.2, 0.25) is 0 Å². The third-order valence-electron chi connectivity index (χ3n) is 3.82. The topological polar surface area (TPSA) is 58.4 Å². The van der Waals surface area contributed by atoms with E-state index < -0.39 is 0 Å². The second-order valence-electron chi connectivity index (χ2n) is 5.58. The molecule has 0 unspecified atom stereocenters. The average Bonchev–Trinajstić information content (AvgIpc) is 3.00. The van der Waals surface area contributed by atoms with Gasteiger partial charge in [-0.05, 0) is 36.8 Å². The number of hydrogen-bond acceptors (Lipinski definition) is 3. The lowest BCUT2D eigenvalue weighted by Crippen LogP contribution is -2.31. The van der Waals surface area contributed by atoms with Gasteiger partial charge >= 0.3 is 0 Å². The minimum Gasteiger partial charge on any atom is -0.351 e. The Kier molecular flexibility index (Phi) is 4.86. The minimum absolute atomic E-state index is 0.273. The highest BCUT2D eigenvalue weighted by molar-refractivity contribution is 5.94. The first-order chi connectivity index (χ1) is 11.6. The Balaban J connectivity index is 1.45. The molecule has 6 heteroatoms. The van der Waals surface area contributed by atoms with E-state index in [0.717, 1.165) is 11.3 Å². The Labute approximate surface area is 139 Å². The van der Waals surface area contributed by atoms with Crippen LogP contribution < -0.4 is 10.6 Å². The zero-order valence-electron chi connectivity index (χ0n) is 13.4. The number of amides is 1. The molecule has 2 heterocycles. The summed E-state index contributed by atoms with van der Waals surface area (Å²) in [6.07, 6.45) is 3.79. The van der Waals surface area contributed by atoms with E-state index in [9.17, 15) is 9.18 Å². The van der Waals surface area contributed by atoms with Crippen LogP contribution in [0, 0.1) is 12.7 Å². The van der Waals surface area contributed by atoms with Crippen molar-refractivity contribution in [3.8, 4) is 0 Å². The number of imidazole rings is 1. The van der Waals surface area contributed by atoms with Crippen molar-refractivity contribution in [2.24, 2.45) is 0 Å². The molecule has 1 amide bonds. The molecule has 24 heavy (non-hydrogen) atoms. The summed E-state index contributed by atoms with van der Waals surface area (Å²) in [5.41, 5.74) is 2.82. The van der Waals surface area contributed by atoms with E-state index in [1.54, 1.807) is 19.1 Å². The van der Waals surface area contributed by atoms with Gasteiger partial charge in [-0.25, -0.2) is 9.37 Å². The molecule has 3 rings (SSSR count). The van der Waals surface area contributed by atoms with Crippen molar-refractivity contribution < 1.29 is 9.18 Å². The van der Waals surface area contributed by atoms with Gasteiger partial charge in [0, 0.05) is 31.4 Å². The van der Waals surface area contributed by atoms with Crippen molar-refractivity contribution >= 4 is 11.6 Å². The first kappa shape index (κ1) is 16.1. The van der Waals surface area contributed by atoms with E-state index in [0.29, 0.717) is 30.8 Å². The zero-order chi connectivity index (χ0) is 16.9. The van der Waals surface area contributed by atoms with Crippen molar-refractivity contribution in [3.63, 3.8) is 0 Å². The molecule has 5 nitrogen and oxygen atoms in total. The maximum absolute atomic E-state index is 13.5. The summed E-state index contributed by atoms with van der Waals surface area (Å²) < 4.78 is 15.5. The maximum Gasteiger partial charge on any atom is 0.251 e. The molecule has 0 fully saturated rings. The molecule has 0 aliphatic heterocycles. The van der Waals surface area contributed by atoms with Crippen molar-refractivity contribution in [3.05, 3.63) is 71.4 Å². The maximum atomic E-state index is 13.5. The summed E-state index contributed by atoms with van der Waals surface area (Å²) in [5, 5.41) is 6.03. The average molecular weight is 326 g/mol. The Morgan fingerprint density at radius 3 is 2.96 bits per heavy atom. The number of fused-ring (bicyclic) bond motifs is 1. The molecule has 0 radical (unpaired) electrons. The SMILES string of the molecule is Cc1ccc(C(=O)NCCNCc2cnc3ccccn23)cc1F. The fourth-order valence-electron chi connectivity index (χ4n) is 2.43. The van der Waals surface area contributed by atoms with Crippen LogP contribution >= 0.6 is 0 Å². The van der Waals surface area contributed by atoms with Crippen LogP contribution in [0.2, 0.25) is 0 Å². The third-order valence-corrected chi connectivity index (χ3v) is 3.82. The normalized spacial score (nSPS) is 10.9. The number of aryl methyl sites for hydroxylation is 1. The number of hydrogen-bond donors (Lipinski definition) is 2. The van der Waals surface area contributed by atoms with Gasteiger partial charge < -0.3 is 15.0 Å². The van der Waals surface area contributed by atoms with Crippen molar-refractivity contribution in [2.45, 2.75) is 13.5 Å². The van der Waals surface area contributed by atoms with Gasteiger partial charge in [0.25, 0.3) is 5.91 Å². The first-order valence-corrected chi connectivity index (χ1v) is 7.81. The number of aromatic nitrogens is 2. The van der Waals surface area contributed by atoms with Crippen LogP contribution in [0.4, 0.5) is 4.39 Å². The van der Waals surface area contributed by atoms with Gasteiger partial charge in [0.1, 0.15) is 11.5 Å². The Morgan fingerprint density at radius 1 is 1.25 bits per heavy atom. The second-order valence-corrected chi connectivity index (χ2v) is 5.58. The number of carbonyl (C=O) groups excluding carboxylic acids is 1. The number of carbonyl (C=O) groups is 1. The van der Waals surface area contributed by atoms with Crippen LogP contribution in [-0.4, -0.2) is 28.4 Å². The highest BCUT2D eigenvalue weighted by Gasteiger charge is 2.07. The van der Waals surface area contributed by atoms with Crippen LogP contribution in [0.1, 0.15) is 21.6 Å². The molecule has 2 N–H and O–H groups in total. The van der Waals surface area contributed by atoms with E-state index >= 15 is 0 Å². The van der Waals surface area contributed by atoms with Gasteiger partial charge in [0.15, 0.2) is 0 Å². The van der Waals surface area contributed by atoms with Gasteiger partial charge in [-0.15, -0.1) is 0 Å². The highest BCUT2D eigenvalue weighted by atomic mass is 19.1. The number of rotatable bonds is 6. The first-order valence-electron chi connectivity index (χ1n) is 7.81. The van der Waals surface area contributed by atoms with Crippen LogP contribution in [0.25, 0.3) is 5.65 Å². The summed E-state index contributed by atoms with van der Waals surface area (Å²) in [6.45, 7) is 3.40. The van der Waals surface area contributed by atoms with Crippen molar-refractivity contribution in [1.82, 2.24) is 20.0 Å². The Bertz CT molecular complexity index is 859. The largest absolute Gasteiger partial charge is 0.351 e. The Morgan fingerprint density at radius 2 is 2.12 bits per heavy atom. The van der Waals surface area contributed by atoms with E-state index in [-0.39, 0.29) is 11.7 Å². The summed E-state index contributed by atoms with van der Waals surface area (Å²) >= 11 is 0. The van der Waals surface area contributed by atoms with Crippen molar-refractivity contribution in [2.75, 3.05) is 13.1 Å². The molecule has 3 aromatic rings. The number of nitrogens with zero attached hydrogens (tertiary/aromatic N) is 2. The number of benzene rings is 1. The van der Waals surface area contributed by atoms with Gasteiger partial charge in [-0.1, -0.05) is 12.1 Å². The fourth-order valence-corrected chi connectivity index (χ4v) is 2.43. The molecular formula is C18H19FN4O. The highest BCUT2D eigenvalue weighted by Crippen LogP contribution is 2.09. The van der Waals surface area contributed by atoms with E-state index in [1.807, 2.05) is 35.0 Å². The molecule has 1 aromatic carbocycles. The lowest BCUT2D eigenvalue weighted by Gasteiger charge is -2.07. The second kappa shape index (κ2) is 7.23. The standard InChI is InChI=1S/C18H19FN4O/c1-13-5-6-14(10-16(13)19)18(24)21-8-7-20-11-15-12-22-17-4-2-3-9-23(15)17/h2-6,9-10,12,20H,7-8,11H2,1H3,(H,21,24). The molecule has 0 saturated heterocycles. The molecule has 0 aliphatic carbocycles. The number of pyridine rings is 1. The molecule has 0 spiro atoms. The molecule has 124 valence electrons. The quantitative estimate of drug-likeness (QED) is 0.684. The Hall–Kier alpha value is -2.73. The van der Waals surface area contributed by atoms with Gasteiger partial charge in [-0.2, -0.15) is 0 Å². The van der Waals surface area contributed by atoms with Gasteiger partial charge in [0.05, 0.1) is 11.9 Å². The van der Waals surface area contributed by atoms with E-state index in [1.165, 1.54) is 6.07 Å². The summed E-state index contributed by atoms with van der Waals surface area (Å²) in [6, 6.07) is 10.3. The van der Waals surface area contributed by atoms with E-state index in [4.69, 9.17) is 0 Å². The number of nitrogens with one attached hydrogen (secondary N) is 2. The summed E-state index contributed by atoms with van der Waals surface area (Å²) in [7, 11) is 0. The zero-order valence-corrected chi connectivity index (χ0v) is 13.4. The lowest BCUT2D eigenvalue weighted by molar-refractivity contribution is 0.0953. The lowest BCUT2D eigenvalue weighted by atomic mass is 10.1. The van der Waals surface area contributed by atoms with Crippen LogP contribution in [0.3, 0.4) is 0 Å². The van der Waals surface area contributed by atoms with E-state index in [2.05, 4.69) is 15.6 Å². The predicted molar refractivity (Wildman–Crippen MR) is 90.4 cm³/mol. The smallest absolute Gasteiger partial charge is 0.251 e. The minimum atomic E-state index is -0.367. The molecule has 2 aromatic heterocycles. The number of halogens is 1. The molecule has 0 atom stereocenters. The summed E-state index contributed by atoms with van der Waals surface area (Å²) in [5.74, 6) is -0.640.